The van der Waals surface area contributed by atoms with E-state index in [9.17, 15) is 0 Å². The predicted molar refractivity (Wildman–Crippen MR) is 68.2 cm³/mol. The first-order valence-corrected chi connectivity index (χ1v) is 6.24. The van der Waals surface area contributed by atoms with Crippen molar-refractivity contribution in [3.8, 4) is 5.88 Å². The highest BCUT2D eigenvalue weighted by atomic mass is 16.5. The zero-order valence-electron chi connectivity index (χ0n) is 10.7. The van der Waals surface area contributed by atoms with E-state index in [4.69, 9.17) is 9.47 Å². The minimum atomic E-state index is 0.548. The van der Waals surface area contributed by atoms with Gasteiger partial charge in [0.15, 0.2) is 0 Å². The summed E-state index contributed by atoms with van der Waals surface area (Å²) in [4.78, 5) is 4.40. The van der Waals surface area contributed by atoms with E-state index in [2.05, 4.69) is 17.2 Å². The molecule has 0 aromatic carbocycles. The highest BCUT2D eigenvalue weighted by Gasteiger charge is 1.98. The van der Waals surface area contributed by atoms with Crippen molar-refractivity contribution >= 4 is 0 Å². The average Bonchev–Trinajstić information content (AvgIpc) is 2.36. The number of hydrogen-bond donors (Lipinski definition) is 1. The van der Waals surface area contributed by atoms with Crippen molar-refractivity contribution in [2.24, 2.45) is 0 Å². The summed E-state index contributed by atoms with van der Waals surface area (Å²) in [6.45, 7) is 7.79. The molecule has 4 heteroatoms. The zero-order valence-corrected chi connectivity index (χ0v) is 10.7. The van der Waals surface area contributed by atoms with Crippen LogP contribution in [0.3, 0.4) is 0 Å². The molecule has 1 aromatic heterocycles. The third-order valence-corrected chi connectivity index (χ3v) is 2.20. The lowest BCUT2D eigenvalue weighted by molar-refractivity contribution is 0.108. The van der Waals surface area contributed by atoms with Gasteiger partial charge in [0.05, 0.1) is 12.3 Å². The molecule has 0 fully saturated rings. The Bertz CT molecular complexity index is 305. The van der Waals surface area contributed by atoms with Crippen LogP contribution < -0.4 is 10.1 Å². The summed E-state index contributed by atoms with van der Waals surface area (Å²) in [5.74, 6) is 0.667. The van der Waals surface area contributed by atoms with Crippen LogP contribution >= 0.6 is 0 Å². The number of rotatable bonds is 9. The lowest BCUT2D eigenvalue weighted by Crippen LogP contribution is -2.15. The summed E-state index contributed by atoms with van der Waals surface area (Å²) in [6.07, 6.45) is 1.13. The first-order chi connectivity index (χ1) is 8.36. The van der Waals surface area contributed by atoms with Gasteiger partial charge in [-0.3, -0.25) is 0 Å². The van der Waals surface area contributed by atoms with Gasteiger partial charge in [-0.1, -0.05) is 13.0 Å². The average molecular weight is 238 g/mol. The first kappa shape index (κ1) is 13.9. The molecular formula is C13H22N2O2. The Morgan fingerprint density at radius 1 is 1.24 bits per heavy atom. The largest absolute Gasteiger partial charge is 0.475 e. The molecule has 96 valence electrons. The molecule has 0 amide bonds. The maximum atomic E-state index is 5.49. The van der Waals surface area contributed by atoms with E-state index in [1.807, 2.05) is 25.1 Å². The molecule has 1 N–H and O–H groups in total. The molecule has 0 aliphatic rings. The lowest BCUT2D eigenvalue weighted by Gasteiger charge is -2.07. The summed E-state index contributed by atoms with van der Waals surface area (Å²) < 4.78 is 10.7. The fourth-order valence-electron chi connectivity index (χ4n) is 1.38. The van der Waals surface area contributed by atoms with E-state index < -0.39 is 0 Å². The number of aromatic nitrogens is 1. The van der Waals surface area contributed by atoms with Crippen molar-refractivity contribution in [2.45, 2.75) is 26.8 Å². The lowest BCUT2D eigenvalue weighted by atomic mass is 10.3. The summed E-state index contributed by atoms with van der Waals surface area (Å²) in [7, 11) is 0. The molecule has 0 radical (unpaired) electrons. The number of nitrogens with one attached hydrogen (secondary N) is 1. The Labute approximate surface area is 103 Å². The molecule has 0 atom stereocenters. The second-order valence-electron chi connectivity index (χ2n) is 3.69. The van der Waals surface area contributed by atoms with Crippen LogP contribution in [0.4, 0.5) is 0 Å². The Kier molecular flexibility index (Phi) is 7.34. The normalized spacial score (nSPS) is 10.5. The molecule has 1 rings (SSSR count). The highest BCUT2D eigenvalue weighted by molar-refractivity contribution is 5.15. The van der Waals surface area contributed by atoms with E-state index in [0.717, 1.165) is 31.8 Å². The van der Waals surface area contributed by atoms with Crippen molar-refractivity contribution in [1.29, 1.82) is 0 Å². The monoisotopic (exact) mass is 238 g/mol. The number of ether oxygens (including phenoxy) is 2. The van der Waals surface area contributed by atoms with Gasteiger partial charge in [-0.25, -0.2) is 4.98 Å². The van der Waals surface area contributed by atoms with Crippen molar-refractivity contribution in [3.05, 3.63) is 23.9 Å². The molecule has 0 unspecified atom stereocenters. The molecule has 0 saturated heterocycles. The minimum absolute atomic E-state index is 0.548. The van der Waals surface area contributed by atoms with Crippen LogP contribution in [0.2, 0.25) is 0 Å². The molecule has 1 heterocycles. The second-order valence-corrected chi connectivity index (χ2v) is 3.69. The van der Waals surface area contributed by atoms with Crippen LogP contribution in [0.15, 0.2) is 18.2 Å². The van der Waals surface area contributed by atoms with Crippen LogP contribution in [0.25, 0.3) is 0 Å². The Morgan fingerprint density at radius 3 is 2.88 bits per heavy atom. The van der Waals surface area contributed by atoms with Gasteiger partial charge < -0.3 is 14.8 Å². The number of nitrogens with zero attached hydrogens (tertiary/aromatic N) is 1. The fourth-order valence-corrected chi connectivity index (χ4v) is 1.38. The van der Waals surface area contributed by atoms with Crippen LogP contribution in [-0.2, 0) is 11.3 Å². The molecule has 0 spiro atoms. The Hall–Kier alpha value is -1.13. The van der Waals surface area contributed by atoms with Gasteiger partial charge in [-0.15, -0.1) is 0 Å². The van der Waals surface area contributed by atoms with Gasteiger partial charge in [0.2, 0.25) is 5.88 Å². The minimum Gasteiger partial charge on any atom is -0.475 e. The molecular weight excluding hydrogens is 216 g/mol. The summed E-state index contributed by atoms with van der Waals surface area (Å²) in [5, 5.41) is 3.31. The third-order valence-electron chi connectivity index (χ3n) is 2.20. The Morgan fingerprint density at radius 2 is 2.12 bits per heavy atom. The smallest absolute Gasteiger partial charge is 0.213 e. The van der Waals surface area contributed by atoms with Gasteiger partial charge in [0.25, 0.3) is 0 Å². The fraction of sp³-hybridized carbons (Fsp3) is 0.615. The molecule has 0 saturated carbocycles. The van der Waals surface area contributed by atoms with Crippen molar-refractivity contribution in [1.82, 2.24) is 10.3 Å². The SMILES string of the molecule is CCCNCc1cccc(OCCOCC)n1. The van der Waals surface area contributed by atoms with E-state index >= 15 is 0 Å². The van der Waals surface area contributed by atoms with Gasteiger partial charge in [-0.05, 0) is 26.0 Å². The van der Waals surface area contributed by atoms with Gasteiger partial charge in [0, 0.05) is 19.2 Å². The molecule has 1 aromatic rings. The molecule has 4 nitrogen and oxygen atoms in total. The van der Waals surface area contributed by atoms with Crippen LogP contribution in [0.5, 0.6) is 5.88 Å². The van der Waals surface area contributed by atoms with Crippen LogP contribution in [0, 0.1) is 0 Å². The molecule has 0 bridgehead atoms. The molecule has 0 aliphatic carbocycles. The molecule has 0 aliphatic heterocycles. The zero-order chi connectivity index (χ0) is 12.3. The first-order valence-electron chi connectivity index (χ1n) is 6.24. The van der Waals surface area contributed by atoms with E-state index in [-0.39, 0.29) is 0 Å². The van der Waals surface area contributed by atoms with Crippen LogP contribution in [0.1, 0.15) is 26.0 Å². The van der Waals surface area contributed by atoms with Crippen LogP contribution in [-0.4, -0.2) is 31.3 Å². The van der Waals surface area contributed by atoms with Gasteiger partial charge >= 0.3 is 0 Å². The van der Waals surface area contributed by atoms with Gasteiger partial charge in [0.1, 0.15) is 6.61 Å². The Balaban J connectivity index is 2.31. The maximum Gasteiger partial charge on any atom is 0.213 e. The second kappa shape index (κ2) is 8.96. The third kappa shape index (κ3) is 6.24. The van der Waals surface area contributed by atoms with Crippen molar-refractivity contribution < 1.29 is 9.47 Å². The standard InChI is InChI=1S/C13H22N2O2/c1-3-8-14-11-12-6-5-7-13(15-12)17-10-9-16-4-2/h5-7,14H,3-4,8-11H2,1-2H3. The van der Waals surface area contributed by atoms with E-state index in [1.54, 1.807) is 0 Å². The number of pyridine rings is 1. The van der Waals surface area contributed by atoms with Crippen molar-refractivity contribution in [2.75, 3.05) is 26.4 Å². The summed E-state index contributed by atoms with van der Waals surface area (Å²) in [5.41, 5.74) is 1.01. The van der Waals surface area contributed by atoms with E-state index in [1.165, 1.54) is 0 Å². The van der Waals surface area contributed by atoms with E-state index in [0.29, 0.717) is 19.1 Å². The highest BCUT2D eigenvalue weighted by Crippen LogP contribution is 2.07. The summed E-state index contributed by atoms with van der Waals surface area (Å²) >= 11 is 0. The molecule has 17 heavy (non-hydrogen) atoms. The maximum absolute atomic E-state index is 5.49. The predicted octanol–water partition coefficient (Wildman–Crippen LogP) is 2.00. The number of hydrogen-bond acceptors (Lipinski definition) is 4. The van der Waals surface area contributed by atoms with Crippen molar-refractivity contribution in [3.63, 3.8) is 0 Å². The van der Waals surface area contributed by atoms with Gasteiger partial charge in [-0.2, -0.15) is 0 Å². The summed E-state index contributed by atoms with van der Waals surface area (Å²) in [6, 6.07) is 5.83. The quantitative estimate of drug-likeness (QED) is 0.668. The topological polar surface area (TPSA) is 43.4 Å².